The first-order valence-electron chi connectivity index (χ1n) is 11.3. The van der Waals surface area contributed by atoms with Crippen molar-refractivity contribution in [2.75, 3.05) is 5.32 Å². The van der Waals surface area contributed by atoms with Crippen molar-refractivity contribution in [3.63, 3.8) is 0 Å². The summed E-state index contributed by atoms with van der Waals surface area (Å²) < 4.78 is 1.73. The molecule has 2 aromatic rings. The largest absolute Gasteiger partial charge is 0.351 e. The molecule has 1 saturated carbocycles. The summed E-state index contributed by atoms with van der Waals surface area (Å²) in [6.07, 6.45) is 6.30. The molecule has 0 aliphatic heterocycles. The van der Waals surface area contributed by atoms with Gasteiger partial charge in [0.2, 0.25) is 11.8 Å². The van der Waals surface area contributed by atoms with E-state index in [1.54, 1.807) is 17.1 Å². The van der Waals surface area contributed by atoms with Crippen LogP contribution < -0.4 is 16.4 Å². The van der Waals surface area contributed by atoms with E-state index in [-0.39, 0.29) is 28.7 Å². The number of amides is 2. The molecule has 7 nitrogen and oxygen atoms in total. The fourth-order valence-electron chi connectivity index (χ4n) is 5.14. The lowest BCUT2D eigenvalue weighted by Gasteiger charge is -2.45. The van der Waals surface area contributed by atoms with E-state index in [0.717, 1.165) is 24.8 Å². The van der Waals surface area contributed by atoms with Gasteiger partial charge >= 0.3 is 0 Å². The Kier molecular flexibility index (Phi) is 6.52. The molecule has 1 heterocycles. The van der Waals surface area contributed by atoms with Crippen LogP contribution in [0.4, 0.5) is 5.82 Å². The lowest BCUT2D eigenvalue weighted by Crippen LogP contribution is -2.52. The van der Waals surface area contributed by atoms with E-state index in [9.17, 15) is 9.59 Å². The molecule has 1 aromatic carbocycles. The number of nitrogens with one attached hydrogen (secondary N) is 2. The van der Waals surface area contributed by atoms with Gasteiger partial charge in [-0.3, -0.25) is 9.59 Å². The van der Waals surface area contributed by atoms with Gasteiger partial charge in [0.15, 0.2) is 5.82 Å². The molecule has 4 N–H and O–H groups in total. The highest BCUT2D eigenvalue weighted by molar-refractivity contribution is 5.94. The van der Waals surface area contributed by atoms with Gasteiger partial charge in [-0.05, 0) is 49.5 Å². The second-order valence-corrected chi connectivity index (χ2v) is 11.2. The number of anilines is 1. The Bertz CT molecular complexity index is 946. The molecular weight excluding hydrogens is 402 g/mol. The van der Waals surface area contributed by atoms with Crippen LogP contribution in [-0.4, -0.2) is 27.4 Å². The van der Waals surface area contributed by atoms with Crippen LogP contribution >= 0.6 is 0 Å². The van der Waals surface area contributed by atoms with Gasteiger partial charge < -0.3 is 20.9 Å². The Labute approximate surface area is 191 Å². The molecule has 0 bridgehead atoms. The lowest BCUT2D eigenvalue weighted by molar-refractivity contribution is -0.130. The summed E-state index contributed by atoms with van der Waals surface area (Å²) in [6, 6.07) is 8.51. The quantitative estimate of drug-likeness (QED) is 0.633. The Morgan fingerprint density at radius 2 is 1.72 bits per heavy atom. The first-order valence-corrected chi connectivity index (χ1v) is 11.3. The maximum Gasteiger partial charge on any atom is 0.247 e. The summed E-state index contributed by atoms with van der Waals surface area (Å²) in [4.78, 5) is 30.0. The van der Waals surface area contributed by atoms with Gasteiger partial charge in [-0.2, -0.15) is 0 Å². The predicted octanol–water partition coefficient (Wildman–Crippen LogP) is 3.98. The summed E-state index contributed by atoms with van der Waals surface area (Å²) in [5.41, 5.74) is 6.31. The third-order valence-electron chi connectivity index (χ3n) is 6.37. The van der Waals surface area contributed by atoms with Gasteiger partial charge in [-0.15, -0.1) is 0 Å². The highest BCUT2D eigenvalue weighted by atomic mass is 16.2. The number of aromatic nitrogens is 2. The highest BCUT2D eigenvalue weighted by Crippen LogP contribution is 2.45. The number of carbonyl (C=O) groups is 2. The molecule has 1 aliphatic rings. The zero-order valence-electron chi connectivity index (χ0n) is 20.1. The maximum absolute atomic E-state index is 13.2. The van der Waals surface area contributed by atoms with Crippen molar-refractivity contribution in [3.8, 4) is 0 Å². The van der Waals surface area contributed by atoms with Crippen LogP contribution in [-0.2, 0) is 15.1 Å². The smallest absolute Gasteiger partial charge is 0.247 e. The third kappa shape index (κ3) is 5.57. The molecule has 0 unspecified atom stereocenters. The Morgan fingerprint density at radius 3 is 2.31 bits per heavy atom. The number of imidazole rings is 1. The van der Waals surface area contributed by atoms with Gasteiger partial charge in [-0.1, -0.05) is 58.0 Å². The van der Waals surface area contributed by atoms with Crippen molar-refractivity contribution in [3.05, 3.63) is 48.4 Å². The molecule has 1 atom stereocenters. The summed E-state index contributed by atoms with van der Waals surface area (Å²) >= 11 is 0. The molecule has 7 heteroatoms. The zero-order valence-corrected chi connectivity index (χ0v) is 20.1. The zero-order chi connectivity index (χ0) is 23.7. The van der Waals surface area contributed by atoms with Crippen molar-refractivity contribution < 1.29 is 9.59 Å². The number of hydrogen-bond donors (Lipinski definition) is 3. The summed E-state index contributed by atoms with van der Waals surface area (Å²) in [5.74, 6) is -0.0511. The Hall–Kier alpha value is -2.67. The fourth-order valence-corrected chi connectivity index (χ4v) is 5.14. The molecule has 3 rings (SSSR count). The van der Waals surface area contributed by atoms with Crippen molar-refractivity contribution in [1.29, 1.82) is 0 Å². The molecule has 1 fully saturated rings. The molecule has 2 amide bonds. The second-order valence-electron chi connectivity index (χ2n) is 11.2. The van der Waals surface area contributed by atoms with Gasteiger partial charge in [0.05, 0.1) is 6.33 Å². The first-order chi connectivity index (χ1) is 14.8. The van der Waals surface area contributed by atoms with Gasteiger partial charge in [0.25, 0.3) is 0 Å². The van der Waals surface area contributed by atoms with E-state index in [4.69, 9.17) is 5.73 Å². The van der Waals surface area contributed by atoms with Gasteiger partial charge in [-0.25, -0.2) is 4.98 Å². The van der Waals surface area contributed by atoms with E-state index in [2.05, 4.69) is 43.3 Å². The van der Waals surface area contributed by atoms with Crippen molar-refractivity contribution in [2.45, 2.75) is 78.4 Å². The Balaban J connectivity index is 1.66. The topological polar surface area (TPSA) is 102 Å². The fraction of sp³-hybridized carbons (Fsp3) is 0.560. The lowest BCUT2D eigenvalue weighted by atomic mass is 9.63. The molecule has 0 saturated heterocycles. The predicted molar refractivity (Wildman–Crippen MR) is 127 cm³/mol. The van der Waals surface area contributed by atoms with Crippen molar-refractivity contribution in [1.82, 2.24) is 14.9 Å². The standard InChI is InChI=1S/C25H37N5O2/c1-23(2)12-18(13-24(3,4)15-23)28-22(32)25(5,6)30-14-19(27-16-30)29-21(31)20(26)17-10-8-7-9-11-17/h7-11,14,16,18,20H,12-13,15,26H2,1-6H3,(H,28,32)(H,29,31)/t20-/m0/s1. The number of hydrogen-bond acceptors (Lipinski definition) is 4. The number of benzene rings is 1. The molecule has 1 aliphatic carbocycles. The maximum atomic E-state index is 13.2. The molecule has 0 spiro atoms. The third-order valence-corrected chi connectivity index (χ3v) is 6.37. The van der Waals surface area contributed by atoms with Gasteiger partial charge in [0, 0.05) is 12.2 Å². The summed E-state index contributed by atoms with van der Waals surface area (Å²) in [6.45, 7) is 12.8. The number of carbonyl (C=O) groups excluding carboxylic acids is 2. The SMILES string of the molecule is CC1(C)CC(NC(=O)C(C)(C)n2cnc(NC(=O)[C@@H](N)c3ccccc3)c2)CC(C)(C)C1. The van der Waals surface area contributed by atoms with E-state index >= 15 is 0 Å². The van der Waals surface area contributed by atoms with Crippen molar-refractivity contribution in [2.24, 2.45) is 16.6 Å². The van der Waals surface area contributed by atoms with Crippen LogP contribution in [0.3, 0.4) is 0 Å². The minimum Gasteiger partial charge on any atom is -0.351 e. The second kappa shape index (κ2) is 8.70. The molecule has 174 valence electrons. The van der Waals surface area contributed by atoms with E-state index in [1.165, 1.54) is 0 Å². The first kappa shape index (κ1) is 24.0. The minimum atomic E-state index is -0.858. The van der Waals surface area contributed by atoms with Crippen LogP contribution in [0.2, 0.25) is 0 Å². The number of nitrogens with two attached hydrogens (primary N) is 1. The summed E-state index contributed by atoms with van der Waals surface area (Å²) in [7, 11) is 0. The molecular formula is C25H37N5O2. The molecule has 32 heavy (non-hydrogen) atoms. The van der Waals surface area contributed by atoms with Crippen LogP contribution in [0.15, 0.2) is 42.9 Å². The Morgan fingerprint density at radius 1 is 1.12 bits per heavy atom. The van der Waals surface area contributed by atoms with Crippen LogP contribution in [0.5, 0.6) is 0 Å². The van der Waals surface area contributed by atoms with Crippen LogP contribution in [0, 0.1) is 10.8 Å². The molecule has 0 radical (unpaired) electrons. The molecule has 1 aromatic heterocycles. The van der Waals surface area contributed by atoms with Crippen LogP contribution in [0.25, 0.3) is 0 Å². The number of rotatable bonds is 6. The minimum absolute atomic E-state index is 0.0627. The normalized spacial score (nSPS) is 19.2. The van der Waals surface area contributed by atoms with Crippen LogP contribution in [0.1, 0.15) is 72.4 Å². The van der Waals surface area contributed by atoms with Crippen molar-refractivity contribution >= 4 is 17.6 Å². The monoisotopic (exact) mass is 439 g/mol. The summed E-state index contributed by atoms with van der Waals surface area (Å²) in [5, 5.41) is 6.01. The average Bonchev–Trinajstić information content (AvgIpc) is 3.14. The highest BCUT2D eigenvalue weighted by Gasteiger charge is 2.40. The van der Waals surface area contributed by atoms with Gasteiger partial charge in [0.1, 0.15) is 11.6 Å². The van der Waals surface area contributed by atoms with E-state index in [0.29, 0.717) is 5.82 Å². The number of nitrogens with zero attached hydrogens (tertiary/aromatic N) is 2. The van der Waals surface area contributed by atoms with E-state index < -0.39 is 11.6 Å². The average molecular weight is 440 g/mol. The van der Waals surface area contributed by atoms with E-state index in [1.807, 2.05) is 44.2 Å².